The number of nitrogens with zero attached hydrogens (tertiary/aromatic N) is 2. The number of amides is 1. The molecule has 0 saturated heterocycles. The summed E-state index contributed by atoms with van der Waals surface area (Å²) in [5.74, 6) is 0.0748. The largest absolute Gasteiger partial charge is 0.370 e. The molecule has 1 aliphatic rings. The fourth-order valence-electron chi connectivity index (χ4n) is 3.41. The zero-order chi connectivity index (χ0) is 15.7. The molecule has 114 valence electrons. The van der Waals surface area contributed by atoms with Gasteiger partial charge in [0.25, 0.3) is 0 Å². The lowest BCUT2D eigenvalue weighted by Gasteiger charge is -2.25. The van der Waals surface area contributed by atoms with Gasteiger partial charge in [-0.2, -0.15) is 0 Å². The normalized spacial score (nSPS) is 18.4. The number of carbonyl (C=O) groups excluding carboxylic acids is 1. The van der Waals surface area contributed by atoms with E-state index in [0.717, 1.165) is 12.1 Å². The van der Waals surface area contributed by atoms with E-state index in [4.69, 9.17) is 5.73 Å². The van der Waals surface area contributed by atoms with Gasteiger partial charge in [0.05, 0.1) is 24.3 Å². The highest BCUT2D eigenvalue weighted by atomic mass is 16.1. The zero-order valence-electron chi connectivity index (χ0n) is 13.0. The monoisotopic (exact) mass is 295 g/mol. The Kier molecular flexibility index (Phi) is 3.84. The molecular formula is C18H21N3O. The number of hydrogen-bond donors (Lipinski definition) is 1. The van der Waals surface area contributed by atoms with Crippen molar-refractivity contribution in [3.05, 3.63) is 54.1 Å². The summed E-state index contributed by atoms with van der Waals surface area (Å²) in [6, 6.07) is 10.7. The van der Waals surface area contributed by atoms with Gasteiger partial charge in [-0.05, 0) is 36.0 Å². The van der Waals surface area contributed by atoms with Crippen molar-refractivity contribution >= 4 is 17.1 Å². The molecule has 0 saturated carbocycles. The van der Waals surface area contributed by atoms with E-state index in [2.05, 4.69) is 47.7 Å². The van der Waals surface area contributed by atoms with Crippen molar-refractivity contribution in [3.63, 3.8) is 0 Å². The van der Waals surface area contributed by atoms with Crippen LogP contribution in [0.2, 0.25) is 0 Å². The number of imidazole rings is 1. The summed E-state index contributed by atoms with van der Waals surface area (Å²) in [6.45, 7) is 4.33. The van der Waals surface area contributed by atoms with E-state index in [9.17, 15) is 4.79 Å². The molecule has 0 spiro atoms. The molecule has 2 unspecified atom stereocenters. The molecule has 0 fully saturated rings. The van der Waals surface area contributed by atoms with E-state index in [0.29, 0.717) is 12.3 Å². The average Bonchev–Trinajstić information content (AvgIpc) is 3.08. The van der Waals surface area contributed by atoms with Crippen LogP contribution in [0.5, 0.6) is 0 Å². The second-order valence-corrected chi connectivity index (χ2v) is 6.02. The van der Waals surface area contributed by atoms with Crippen LogP contribution in [0, 0.1) is 5.92 Å². The minimum Gasteiger partial charge on any atom is -0.370 e. The van der Waals surface area contributed by atoms with Crippen molar-refractivity contribution in [3.8, 4) is 0 Å². The second kappa shape index (κ2) is 5.79. The first kappa shape index (κ1) is 14.6. The topological polar surface area (TPSA) is 60.9 Å². The molecule has 0 bridgehead atoms. The van der Waals surface area contributed by atoms with E-state index >= 15 is 0 Å². The Bertz CT molecular complexity index is 715. The maximum atomic E-state index is 11.1. The first-order valence-electron chi connectivity index (χ1n) is 7.66. The van der Waals surface area contributed by atoms with Gasteiger partial charge in [-0.1, -0.05) is 37.3 Å². The second-order valence-electron chi connectivity index (χ2n) is 6.02. The van der Waals surface area contributed by atoms with Crippen LogP contribution in [-0.2, 0) is 4.79 Å². The van der Waals surface area contributed by atoms with Gasteiger partial charge >= 0.3 is 0 Å². The summed E-state index contributed by atoms with van der Waals surface area (Å²) in [5, 5.41) is 0. The molecule has 3 rings (SSSR count). The predicted molar refractivity (Wildman–Crippen MR) is 87.8 cm³/mol. The first-order chi connectivity index (χ1) is 10.6. The maximum Gasteiger partial charge on any atom is 0.217 e. The minimum atomic E-state index is -0.238. The lowest BCUT2D eigenvalue weighted by Crippen LogP contribution is -2.19. The number of carbonyl (C=O) groups is 1. The molecule has 0 radical (unpaired) electrons. The summed E-state index contributed by atoms with van der Waals surface area (Å²) in [7, 11) is 0. The maximum absolute atomic E-state index is 11.1. The van der Waals surface area contributed by atoms with E-state index < -0.39 is 0 Å². The van der Waals surface area contributed by atoms with Crippen molar-refractivity contribution in [2.24, 2.45) is 11.7 Å². The van der Waals surface area contributed by atoms with Gasteiger partial charge in [-0.15, -0.1) is 0 Å². The number of aromatic nitrogens is 2. The predicted octanol–water partition coefficient (Wildman–Crippen LogP) is 3.27. The Morgan fingerprint density at radius 1 is 1.36 bits per heavy atom. The molecule has 2 N–H and O–H groups in total. The van der Waals surface area contributed by atoms with Crippen LogP contribution in [0.25, 0.3) is 11.1 Å². The van der Waals surface area contributed by atoms with E-state index in [1.54, 1.807) is 0 Å². The lowest BCUT2D eigenvalue weighted by atomic mass is 9.86. The van der Waals surface area contributed by atoms with Gasteiger partial charge in [-0.25, -0.2) is 4.98 Å². The molecule has 1 aromatic carbocycles. The molecule has 2 heterocycles. The van der Waals surface area contributed by atoms with Crippen molar-refractivity contribution in [1.82, 2.24) is 9.55 Å². The van der Waals surface area contributed by atoms with Crippen LogP contribution < -0.4 is 5.73 Å². The van der Waals surface area contributed by atoms with Gasteiger partial charge in [0.2, 0.25) is 5.91 Å². The number of benzene rings is 1. The average molecular weight is 295 g/mol. The van der Waals surface area contributed by atoms with Gasteiger partial charge in [0.1, 0.15) is 0 Å². The Labute approximate surface area is 130 Å². The van der Waals surface area contributed by atoms with Crippen molar-refractivity contribution < 1.29 is 4.79 Å². The van der Waals surface area contributed by atoms with E-state index in [1.165, 1.54) is 16.7 Å². The van der Waals surface area contributed by atoms with Crippen LogP contribution >= 0.6 is 0 Å². The highest BCUT2D eigenvalue weighted by Gasteiger charge is 2.33. The number of fused-ring (bicyclic) bond motifs is 1. The fourth-order valence-corrected chi connectivity index (χ4v) is 3.41. The van der Waals surface area contributed by atoms with Crippen molar-refractivity contribution in [2.75, 3.05) is 0 Å². The Morgan fingerprint density at radius 2 is 2.09 bits per heavy atom. The summed E-state index contributed by atoms with van der Waals surface area (Å²) in [4.78, 5) is 15.4. The van der Waals surface area contributed by atoms with Crippen LogP contribution in [0.1, 0.15) is 44.0 Å². The minimum absolute atomic E-state index is 0.208. The number of hydrogen-bond acceptors (Lipinski definition) is 2. The van der Waals surface area contributed by atoms with Gasteiger partial charge in [-0.3, -0.25) is 4.79 Å². The summed E-state index contributed by atoms with van der Waals surface area (Å²) in [6.07, 6.45) is 5.00. The van der Waals surface area contributed by atoms with Gasteiger partial charge in [0, 0.05) is 6.42 Å². The standard InChI is InChI=1S/C18H21N3O/c1-12(8-9-16(19)22)18-17(14-6-4-3-5-7-14)13(2)15-10-20-11-21(15)18/h3-7,10-12,18H,8-9H2,1-2H3,(H2,19,22). The quantitative estimate of drug-likeness (QED) is 0.920. The third-order valence-corrected chi connectivity index (χ3v) is 4.52. The fraction of sp³-hybridized carbons (Fsp3) is 0.333. The molecule has 0 aliphatic carbocycles. The third-order valence-electron chi connectivity index (χ3n) is 4.52. The molecule has 4 nitrogen and oxygen atoms in total. The van der Waals surface area contributed by atoms with Gasteiger partial charge < -0.3 is 10.3 Å². The SMILES string of the molecule is CC1=C(c2ccccc2)C(C(C)CCC(N)=O)n2cncc21. The smallest absolute Gasteiger partial charge is 0.217 e. The highest BCUT2D eigenvalue weighted by Crippen LogP contribution is 2.46. The van der Waals surface area contributed by atoms with Crippen LogP contribution in [0.15, 0.2) is 42.9 Å². The number of primary amides is 1. The zero-order valence-corrected chi connectivity index (χ0v) is 13.0. The Balaban J connectivity index is 2.00. The number of allylic oxidation sites excluding steroid dienone is 2. The molecule has 2 atom stereocenters. The molecule has 22 heavy (non-hydrogen) atoms. The third kappa shape index (κ3) is 2.45. The van der Waals surface area contributed by atoms with Crippen molar-refractivity contribution in [1.29, 1.82) is 0 Å². The summed E-state index contributed by atoms with van der Waals surface area (Å²) < 4.78 is 2.23. The van der Waals surface area contributed by atoms with E-state index in [-0.39, 0.29) is 11.9 Å². The Hall–Kier alpha value is -2.36. The highest BCUT2D eigenvalue weighted by molar-refractivity contribution is 5.93. The lowest BCUT2D eigenvalue weighted by molar-refractivity contribution is -0.118. The Morgan fingerprint density at radius 3 is 2.77 bits per heavy atom. The van der Waals surface area contributed by atoms with Crippen LogP contribution in [0.3, 0.4) is 0 Å². The first-order valence-corrected chi connectivity index (χ1v) is 7.66. The summed E-state index contributed by atoms with van der Waals surface area (Å²) in [5.41, 5.74) is 10.3. The molecule has 1 aliphatic heterocycles. The molecular weight excluding hydrogens is 274 g/mol. The molecule has 1 aromatic heterocycles. The number of rotatable bonds is 5. The molecule has 4 heteroatoms. The number of nitrogens with two attached hydrogens (primary N) is 1. The summed E-state index contributed by atoms with van der Waals surface area (Å²) >= 11 is 0. The van der Waals surface area contributed by atoms with Crippen LogP contribution in [-0.4, -0.2) is 15.5 Å². The van der Waals surface area contributed by atoms with Crippen LogP contribution in [0.4, 0.5) is 0 Å². The van der Waals surface area contributed by atoms with E-state index in [1.807, 2.05) is 18.6 Å². The van der Waals surface area contributed by atoms with Crippen molar-refractivity contribution in [2.45, 2.75) is 32.7 Å². The van der Waals surface area contributed by atoms with Gasteiger partial charge in [0.15, 0.2) is 0 Å². The molecule has 1 amide bonds. The molecule has 2 aromatic rings.